The molecule has 21 heavy (non-hydrogen) atoms. The first kappa shape index (κ1) is 15.7. The van der Waals surface area contributed by atoms with Crippen molar-refractivity contribution in [2.45, 2.75) is 18.5 Å². The average molecular weight is 298 g/mol. The molecule has 8 heteroatoms. The van der Waals surface area contributed by atoms with Gasteiger partial charge >= 0.3 is 5.69 Å². The number of aromatic amines is 1. The van der Waals surface area contributed by atoms with Crippen LogP contribution in [0.4, 0.5) is 5.82 Å². The smallest absolute Gasteiger partial charge is 0.329 e. The molecule has 0 radical (unpaired) electrons. The minimum absolute atomic E-state index is 0.0853. The van der Waals surface area contributed by atoms with Gasteiger partial charge in [0.1, 0.15) is 5.82 Å². The van der Waals surface area contributed by atoms with Crippen molar-refractivity contribution in [1.29, 1.82) is 0 Å². The van der Waals surface area contributed by atoms with Gasteiger partial charge in [-0.15, -0.1) is 0 Å². The fraction of sp³-hybridized carbons (Fsp3) is 0.692. The Morgan fingerprint density at radius 1 is 1.52 bits per heavy atom. The van der Waals surface area contributed by atoms with Gasteiger partial charge in [0.2, 0.25) is 0 Å². The number of aliphatic hydroxyl groups is 1. The molecule has 0 saturated carbocycles. The highest BCUT2D eigenvalue weighted by atomic mass is 16.5. The zero-order chi connectivity index (χ0) is 15.6. The summed E-state index contributed by atoms with van der Waals surface area (Å²) in [6.07, 6.45) is 0. The number of likely N-dealkylation sites (N-methyl/N-ethyl adjacent to an activating group) is 1. The first-order valence-corrected chi connectivity index (χ1v) is 6.85. The van der Waals surface area contributed by atoms with Crippen LogP contribution in [-0.4, -0.2) is 64.6 Å². The zero-order valence-electron chi connectivity index (χ0n) is 12.5. The standard InChI is InChI=1S/C13H22N4O4/c1-9-5-21-8-13(7-18,17(9)3)6-14-10-4-11(19)15-12(20)16(10)2/h4,9,14,18H,5-8H2,1-3H3,(H,15,19,20)/t9-,13+/m1/s1. The van der Waals surface area contributed by atoms with E-state index in [-0.39, 0.29) is 12.6 Å². The summed E-state index contributed by atoms with van der Waals surface area (Å²) in [7, 11) is 3.50. The van der Waals surface area contributed by atoms with Gasteiger partial charge in [-0.25, -0.2) is 4.79 Å². The Morgan fingerprint density at radius 3 is 2.90 bits per heavy atom. The molecule has 1 aromatic heterocycles. The van der Waals surface area contributed by atoms with Crippen LogP contribution in [0.3, 0.4) is 0 Å². The SMILES string of the molecule is C[C@@H]1COC[C@@](CO)(CNc2cc(=O)[nH]c(=O)n2C)N1C. The van der Waals surface area contributed by atoms with E-state index in [9.17, 15) is 14.7 Å². The summed E-state index contributed by atoms with van der Waals surface area (Å²) in [4.78, 5) is 27.2. The van der Waals surface area contributed by atoms with Crippen LogP contribution >= 0.6 is 0 Å². The number of hydrogen-bond donors (Lipinski definition) is 3. The van der Waals surface area contributed by atoms with E-state index >= 15 is 0 Å². The van der Waals surface area contributed by atoms with Crippen molar-refractivity contribution < 1.29 is 9.84 Å². The van der Waals surface area contributed by atoms with Gasteiger partial charge in [0.05, 0.1) is 25.4 Å². The number of rotatable bonds is 4. The summed E-state index contributed by atoms with van der Waals surface area (Å²) >= 11 is 0. The van der Waals surface area contributed by atoms with Crippen LogP contribution in [0.1, 0.15) is 6.92 Å². The molecule has 0 aliphatic carbocycles. The van der Waals surface area contributed by atoms with Crippen molar-refractivity contribution in [1.82, 2.24) is 14.5 Å². The van der Waals surface area contributed by atoms with Crippen LogP contribution in [0.2, 0.25) is 0 Å². The summed E-state index contributed by atoms with van der Waals surface area (Å²) in [5.41, 5.74) is -1.53. The van der Waals surface area contributed by atoms with E-state index in [0.29, 0.717) is 25.6 Å². The van der Waals surface area contributed by atoms with Crippen molar-refractivity contribution in [2.75, 3.05) is 38.7 Å². The van der Waals surface area contributed by atoms with Crippen LogP contribution in [-0.2, 0) is 11.8 Å². The second-order valence-electron chi connectivity index (χ2n) is 5.59. The normalized spacial score (nSPS) is 26.8. The average Bonchev–Trinajstić information content (AvgIpc) is 2.45. The second kappa shape index (κ2) is 6.00. The zero-order valence-corrected chi connectivity index (χ0v) is 12.5. The van der Waals surface area contributed by atoms with Gasteiger partial charge in [-0.05, 0) is 14.0 Å². The minimum Gasteiger partial charge on any atom is -0.394 e. The second-order valence-corrected chi connectivity index (χ2v) is 5.59. The first-order valence-electron chi connectivity index (χ1n) is 6.85. The summed E-state index contributed by atoms with van der Waals surface area (Å²) in [5, 5.41) is 12.9. The predicted molar refractivity (Wildman–Crippen MR) is 78.7 cm³/mol. The third-order valence-corrected chi connectivity index (χ3v) is 4.20. The van der Waals surface area contributed by atoms with E-state index in [1.807, 2.05) is 14.0 Å². The Hall–Kier alpha value is -1.64. The van der Waals surface area contributed by atoms with Crippen LogP contribution < -0.4 is 16.6 Å². The molecule has 2 heterocycles. The molecule has 1 saturated heterocycles. The molecule has 1 fully saturated rings. The number of aliphatic hydroxyl groups excluding tert-OH is 1. The van der Waals surface area contributed by atoms with Gasteiger partial charge in [-0.3, -0.25) is 19.2 Å². The highest BCUT2D eigenvalue weighted by Crippen LogP contribution is 2.22. The Kier molecular flexibility index (Phi) is 4.50. The maximum Gasteiger partial charge on any atom is 0.329 e. The topological polar surface area (TPSA) is 99.6 Å². The predicted octanol–water partition coefficient (Wildman–Crippen LogP) is -1.43. The Labute approximate surface area is 122 Å². The Balaban J connectivity index is 2.21. The van der Waals surface area contributed by atoms with Gasteiger partial charge < -0.3 is 15.2 Å². The molecule has 2 atom stereocenters. The van der Waals surface area contributed by atoms with Crippen molar-refractivity contribution >= 4 is 5.82 Å². The number of morpholine rings is 1. The van der Waals surface area contributed by atoms with Gasteiger partial charge in [-0.1, -0.05) is 0 Å². The lowest BCUT2D eigenvalue weighted by Crippen LogP contribution is -2.64. The van der Waals surface area contributed by atoms with Crippen LogP contribution in [0.15, 0.2) is 15.7 Å². The lowest BCUT2D eigenvalue weighted by atomic mass is 9.96. The maximum absolute atomic E-state index is 11.6. The summed E-state index contributed by atoms with van der Waals surface area (Å²) in [6.45, 7) is 3.29. The third kappa shape index (κ3) is 3.02. The molecule has 0 amide bonds. The first-order chi connectivity index (χ1) is 9.89. The van der Waals surface area contributed by atoms with Crippen LogP contribution in [0.25, 0.3) is 0 Å². The molecular formula is C13H22N4O4. The molecule has 8 nitrogen and oxygen atoms in total. The molecule has 1 aliphatic heterocycles. The number of anilines is 1. The lowest BCUT2D eigenvalue weighted by molar-refractivity contribution is -0.101. The van der Waals surface area contributed by atoms with E-state index in [4.69, 9.17) is 4.74 Å². The van der Waals surface area contributed by atoms with Crippen molar-refractivity contribution in [3.05, 3.63) is 26.9 Å². The van der Waals surface area contributed by atoms with Crippen molar-refractivity contribution in [2.24, 2.45) is 7.05 Å². The molecular weight excluding hydrogens is 276 g/mol. The number of ether oxygens (including phenoxy) is 1. The summed E-state index contributed by atoms with van der Waals surface area (Å²) in [5.74, 6) is 0.406. The van der Waals surface area contributed by atoms with Gasteiger partial charge in [0.25, 0.3) is 5.56 Å². The fourth-order valence-corrected chi connectivity index (χ4v) is 2.47. The van der Waals surface area contributed by atoms with Crippen molar-refractivity contribution in [3.63, 3.8) is 0 Å². The van der Waals surface area contributed by atoms with E-state index in [1.165, 1.54) is 10.6 Å². The van der Waals surface area contributed by atoms with E-state index < -0.39 is 16.8 Å². The highest BCUT2D eigenvalue weighted by molar-refractivity contribution is 5.34. The van der Waals surface area contributed by atoms with Crippen LogP contribution in [0, 0.1) is 0 Å². The van der Waals surface area contributed by atoms with E-state index in [0.717, 1.165) is 0 Å². The van der Waals surface area contributed by atoms with Crippen LogP contribution in [0.5, 0.6) is 0 Å². The summed E-state index contributed by atoms with van der Waals surface area (Å²) < 4.78 is 6.87. The third-order valence-electron chi connectivity index (χ3n) is 4.20. The number of hydrogen-bond acceptors (Lipinski definition) is 6. The maximum atomic E-state index is 11.6. The number of nitrogens with one attached hydrogen (secondary N) is 2. The quantitative estimate of drug-likeness (QED) is 0.630. The highest BCUT2D eigenvalue weighted by Gasteiger charge is 2.40. The Morgan fingerprint density at radius 2 is 2.24 bits per heavy atom. The molecule has 118 valence electrons. The fourth-order valence-electron chi connectivity index (χ4n) is 2.47. The number of aromatic nitrogens is 2. The molecule has 0 bridgehead atoms. The molecule has 0 spiro atoms. The lowest BCUT2D eigenvalue weighted by Gasteiger charge is -2.47. The molecule has 2 rings (SSSR count). The number of H-pyrrole nitrogens is 1. The van der Waals surface area contributed by atoms with Gasteiger partial charge in [0, 0.05) is 25.7 Å². The largest absolute Gasteiger partial charge is 0.394 e. The minimum atomic E-state index is -0.587. The van der Waals surface area contributed by atoms with Crippen molar-refractivity contribution in [3.8, 4) is 0 Å². The summed E-state index contributed by atoms with van der Waals surface area (Å²) in [6, 6.07) is 1.50. The van der Waals surface area contributed by atoms with Gasteiger partial charge in [0.15, 0.2) is 0 Å². The Bertz CT molecular complexity index is 611. The van der Waals surface area contributed by atoms with Gasteiger partial charge in [-0.2, -0.15) is 0 Å². The molecule has 0 unspecified atom stereocenters. The number of nitrogens with zero attached hydrogens (tertiary/aromatic N) is 2. The van der Waals surface area contributed by atoms with E-state index in [2.05, 4.69) is 15.2 Å². The molecule has 1 aromatic rings. The monoisotopic (exact) mass is 298 g/mol. The molecule has 1 aliphatic rings. The molecule has 3 N–H and O–H groups in total. The van der Waals surface area contributed by atoms with E-state index in [1.54, 1.807) is 7.05 Å². The molecule has 0 aromatic carbocycles.